The van der Waals surface area contributed by atoms with Crippen molar-refractivity contribution in [3.8, 4) is 5.75 Å². The van der Waals surface area contributed by atoms with Crippen LogP contribution in [0.2, 0.25) is 5.02 Å². The highest BCUT2D eigenvalue weighted by molar-refractivity contribution is 7.60. The molecule has 0 radical (unpaired) electrons. The molecule has 72 valence electrons. The second-order valence-electron chi connectivity index (χ2n) is 2.41. The third-order valence-corrected chi connectivity index (χ3v) is 2.63. The minimum atomic E-state index is -4.37. The Morgan fingerprint density at radius 3 is 2.31 bits per heavy atom. The van der Waals surface area contributed by atoms with Crippen molar-refractivity contribution in [2.75, 3.05) is 5.73 Å². The lowest BCUT2D eigenvalue weighted by Gasteiger charge is -2.07. The molecule has 1 aromatic rings. The highest BCUT2D eigenvalue weighted by Gasteiger charge is 2.19. The van der Waals surface area contributed by atoms with Crippen LogP contribution in [0.1, 0.15) is 0 Å². The molecule has 0 aliphatic heterocycles. The molecule has 0 saturated heterocycles. The molecular formula is C6H7ClNO4P. The standard InChI is InChI=1S/C6H7ClNO4P/c7-4-1-3(13(10,11)12)2-5(8)6(4)9/h1-2,9H,8H2,(H2,10,11,12). The van der Waals surface area contributed by atoms with E-state index in [2.05, 4.69) is 0 Å². The van der Waals surface area contributed by atoms with Crippen LogP contribution >= 0.6 is 19.2 Å². The Balaban J connectivity index is 3.38. The van der Waals surface area contributed by atoms with E-state index in [9.17, 15) is 4.57 Å². The van der Waals surface area contributed by atoms with Gasteiger partial charge in [0, 0.05) is 0 Å². The normalized spacial score (nSPS) is 11.6. The van der Waals surface area contributed by atoms with Crippen molar-refractivity contribution in [2.24, 2.45) is 0 Å². The lowest BCUT2D eigenvalue weighted by atomic mass is 10.3. The van der Waals surface area contributed by atoms with E-state index in [1.807, 2.05) is 0 Å². The molecule has 1 aromatic carbocycles. The second-order valence-corrected chi connectivity index (χ2v) is 4.42. The number of nitrogens with two attached hydrogens (primary N) is 1. The Morgan fingerprint density at radius 2 is 1.92 bits per heavy atom. The first-order valence-corrected chi connectivity index (χ1v) is 5.15. The third-order valence-electron chi connectivity index (χ3n) is 1.41. The van der Waals surface area contributed by atoms with Gasteiger partial charge in [-0.1, -0.05) is 11.6 Å². The SMILES string of the molecule is Nc1cc(P(=O)(O)O)cc(Cl)c1O. The highest BCUT2D eigenvalue weighted by Crippen LogP contribution is 2.38. The van der Waals surface area contributed by atoms with Gasteiger partial charge in [0.1, 0.15) is 0 Å². The quantitative estimate of drug-likeness (QED) is 0.314. The fraction of sp³-hybridized carbons (Fsp3) is 0. The number of hydrogen-bond donors (Lipinski definition) is 4. The first-order valence-electron chi connectivity index (χ1n) is 3.16. The predicted octanol–water partition coefficient (Wildman–Crippen LogP) is 0.431. The van der Waals surface area contributed by atoms with Crippen LogP contribution in [-0.2, 0) is 4.57 Å². The fourth-order valence-electron chi connectivity index (χ4n) is 0.774. The summed E-state index contributed by atoms with van der Waals surface area (Å²) in [7, 11) is -4.37. The van der Waals surface area contributed by atoms with Gasteiger partial charge in [-0.15, -0.1) is 0 Å². The first-order chi connectivity index (χ1) is 5.82. The van der Waals surface area contributed by atoms with Crippen molar-refractivity contribution in [3.05, 3.63) is 17.2 Å². The van der Waals surface area contributed by atoms with Gasteiger partial charge in [-0.2, -0.15) is 0 Å². The molecule has 0 bridgehead atoms. The van der Waals surface area contributed by atoms with Gasteiger partial charge in [-0.05, 0) is 12.1 Å². The molecule has 7 heteroatoms. The van der Waals surface area contributed by atoms with Crippen LogP contribution in [0.25, 0.3) is 0 Å². The molecule has 5 nitrogen and oxygen atoms in total. The molecule has 1 rings (SSSR count). The van der Waals surface area contributed by atoms with E-state index in [4.69, 9.17) is 32.2 Å². The van der Waals surface area contributed by atoms with Gasteiger partial charge >= 0.3 is 7.60 Å². The molecule has 0 atom stereocenters. The van der Waals surface area contributed by atoms with Gasteiger partial charge in [-0.25, -0.2) is 0 Å². The van der Waals surface area contributed by atoms with Crippen molar-refractivity contribution in [3.63, 3.8) is 0 Å². The number of phenols is 1. The maximum Gasteiger partial charge on any atom is 0.356 e. The number of halogens is 1. The molecule has 13 heavy (non-hydrogen) atoms. The first kappa shape index (κ1) is 10.3. The molecular weight excluding hydrogens is 216 g/mol. The van der Waals surface area contributed by atoms with E-state index < -0.39 is 7.60 Å². The summed E-state index contributed by atoms with van der Waals surface area (Å²) < 4.78 is 10.7. The lowest BCUT2D eigenvalue weighted by Crippen LogP contribution is -2.05. The van der Waals surface area contributed by atoms with E-state index in [1.165, 1.54) is 0 Å². The fourth-order valence-corrected chi connectivity index (χ4v) is 1.68. The molecule has 0 unspecified atom stereocenters. The smallest absolute Gasteiger partial charge is 0.356 e. The number of hydrogen-bond acceptors (Lipinski definition) is 3. The zero-order valence-electron chi connectivity index (χ0n) is 6.31. The number of rotatable bonds is 1. The minimum absolute atomic E-state index is 0.161. The molecule has 0 amide bonds. The molecule has 0 aliphatic carbocycles. The van der Waals surface area contributed by atoms with E-state index >= 15 is 0 Å². The lowest BCUT2D eigenvalue weighted by molar-refractivity contribution is 0.387. The van der Waals surface area contributed by atoms with Crippen molar-refractivity contribution >= 4 is 30.2 Å². The zero-order valence-corrected chi connectivity index (χ0v) is 7.96. The van der Waals surface area contributed by atoms with E-state index in [-0.39, 0.29) is 21.8 Å². The van der Waals surface area contributed by atoms with Crippen LogP contribution in [0.3, 0.4) is 0 Å². The van der Waals surface area contributed by atoms with E-state index in [1.54, 1.807) is 0 Å². The van der Waals surface area contributed by atoms with Crippen LogP contribution in [-0.4, -0.2) is 14.9 Å². The minimum Gasteiger partial charge on any atom is -0.504 e. The molecule has 0 aromatic heterocycles. The van der Waals surface area contributed by atoms with E-state index in [0.717, 1.165) is 12.1 Å². The van der Waals surface area contributed by atoms with Crippen molar-refractivity contribution in [2.45, 2.75) is 0 Å². The monoisotopic (exact) mass is 223 g/mol. The van der Waals surface area contributed by atoms with Gasteiger partial charge in [-0.3, -0.25) is 4.57 Å². The van der Waals surface area contributed by atoms with Gasteiger partial charge in [0.15, 0.2) is 5.75 Å². The number of phenolic OH excluding ortho intramolecular Hbond substituents is 1. The summed E-state index contributed by atoms with van der Waals surface area (Å²) in [5.41, 5.74) is 5.08. The van der Waals surface area contributed by atoms with Crippen LogP contribution in [0.15, 0.2) is 12.1 Å². The second kappa shape index (κ2) is 3.20. The molecule has 0 saturated carbocycles. The molecule has 0 heterocycles. The van der Waals surface area contributed by atoms with Gasteiger partial charge in [0.05, 0.1) is 16.0 Å². The molecule has 0 spiro atoms. The van der Waals surface area contributed by atoms with Crippen molar-refractivity contribution in [1.29, 1.82) is 0 Å². The number of benzene rings is 1. The number of nitrogen functional groups attached to an aromatic ring is 1. The summed E-state index contributed by atoms with van der Waals surface area (Å²) in [6, 6.07) is 1.97. The van der Waals surface area contributed by atoms with Crippen molar-refractivity contribution < 1.29 is 19.5 Å². The Kier molecular flexibility index (Phi) is 2.54. The molecule has 5 N–H and O–H groups in total. The van der Waals surface area contributed by atoms with Gasteiger partial charge in [0.2, 0.25) is 0 Å². The predicted molar refractivity (Wildman–Crippen MR) is 49.2 cm³/mol. The van der Waals surface area contributed by atoms with Gasteiger partial charge < -0.3 is 20.6 Å². The zero-order chi connectivity index (χ0) is 10.2. The maximum absolute atomic E-state index is 10.7. The van der Waals surface area contributed by atoms with Gasteiger partial charge in [0.25, 0.3) is 0 Å². The van der Waals surface area contributed by atoms with E-state index in [0.29, 0.717) is 0 Å². The summed E-state index contributed by atoms with van der Waals surface area (Å²) in [4.78, 5) is 17.5. The highest BCUT2D eigenvalue weighted by atomic mass is 35.5. The average Bonchev–Trinajstić information content (AvgIpc) is 1.97. The Labute approximate surface area is 78.9 Å². The molecule has 0 fully saturated rings. The average molecular weight is 224 g/mol. The largest absolute Gasteiger partial charge is 0.504 e. The Hall–Kier alpha value is -0.740. The summed E-state index contributed by atoms with van der Waals surface area (Å²) in [6.07, 6.45) is 0. The summed E-state index contributed by atoms with van der Waals surface area (Å²) in [5, 5.41) is 8.59. The summed E-state index contributed by atoms with van der Waals surface area (Å²) in [5.74, 6) is -0.376. The van der Waals surface area contributed by atoms with Crippen molar-refractivity contribution in [1.82, 2.24) is 0 Å². The molecule has 0 aliphatic rings. The Bertz CT molecular complexity index is 365. The summed E-state index contributed by atoms with van der Waals surface area (Å²) >= 11 is 5.45. The van der Waals surface area contributed by atoms with Crippen LogP contribution in [0.4, 0.5) is 5.69 Å². The number of aromatic hydroxyl groups is 1. The summed E-state index contributed by atoms with van der Waals surface area (Å²) in [6.45, 7) is 0. The number of anilines is 1. The van der Waals surface area contributed by atoms with Crippen LogP contribution in [0, 0.1) is 0 Å². The van der Waals surface area contributed by atoms with Crippen LogP contribution in [0.5, 0.6) is 5.75 Å². The maximum atomic E-state index is 10.7. The Morgan fingerprint density at radius 1 is 1.38 bits per heavy atom. The van der Waals surface area contributed by atoms with Crippen LogP contribution < -0.4 is 11.0 Å². The topological polar surface area (TPSA) is 104 Å². The third kappa shape index (κ3) is 2.14.